The zero-order chi connectivity index (χ0) is 22.2. The van der Waals surface area contributed by atoms with Crippen LogP contribution >= 0.6 is 0 Å². The topological polar surface area (TPSA) is 68.7 Å². The number of piperazine rings is 1. The first-order valence-electron chi connectivity index (χ1n) is 10.9. The smallest absolute Gasteiger partial charge is 0.237 e. The molecule has 166 valence electrons. The van der Waals surface area contributed by atoms with Crippen LogP contribution in [-0.4, -0.2) is 58.0 Å². The lowest BCUT2D eigenvalue weighted by atomic mass is 9.95. The zero-order valence-electron chi connectivity index (χ0n) is 18.5. The average molecular weight is 427 g/mol. The normalized spacial score (nSPS) is 20.7. The molecule has 2 aliphatic rings. The van der Waals surface area contributed by atoms with E-state index in [1.54, 1.807) is 12.1 Å². The van der Waals surface area contributed by atoms with Crippen LogP contribution in [0.1, 0.15) is 48.8 Å². The molecule has 1 fully saturated rings. The molecule has 0 bridgehead atoms. The summed E-state index contributed by atoms with van der Waals surface area (Å²) in [4.78, 5) is 22.1. The van der Waals surface area contributed by atoms with Crippen molar-refractivity contribution in [2.45, 2.75) is 51.9 Å². The molecule has 2 aromatic rings. The van der Waals surface area contributed by atoms with Gasteiger partial charge in [-0.1, -0.05) is 12.1 Å². The lowest BCUT2D eigenvalue weighted by molar-refractivity contribution is -0.138. The molecule has 31 heavy (non-hydrogen) atoms. The molecule has 0 aliphatic carbocycles. The van der Waals surface area contributed by atoms with Crippen molar-refractivity contribution in [1.82, 2.24) is 20.1 Å². The third-order valence-corrected chi connectivity index (χ3v) is 6.42. The van der Waals surface area contributed by atoms with Crippen LogP contribution in [0.2, 0.25) is 0 Å². The number of aliphatic hydroxyl groups is 1. The summed E-state index contributed by atoms with van der Waals surface area (Å²) in [5, 5.41) is 13.3. The maximum atomic E-state index is 13.2. The Kier molecular flexibility index (Phi) is 6.10. The second-order valence-corrected chi connectivity index (χ2v) is 9.19. The third-order valence-electron chi connectivity index (χ3n) is 6.42. The van der Waals surface area contributed by atoms with Crippen LogP contribution in [0.5, 0.6) is 0 Å². The molecule has 1 saturated heterocycles. The largest absolute Gasteiger partial charge is 0.390 e. The van der Waals surface area contributed by atoms with E-state index in [2.05, 4.69) is 23.2 Å². The highest BCUT2D eigenvalue weighted by Gasteiger charge is 2.42. The van der Waals surface area contributed by atoms with Gasteiger partial charge in [-0.25, -0.2) is 4.39 Å². The van der Waals surface area contributed by atoms with Crippen LogP contribution in [0.4, 0.5) is 4.39 Å². The van der Waals surface area contributed by atoms with Crippen LogP contribution < -0.4 is 5.32 Å². The molecular weight excluding hydrogens is 395 g/mol. The first-order chi connectivity index (χ1) is 14.8. The van der Waals surface area contributed by atoms with Gasteiger partial charge in [0.25, 0.3) is 0 Å². The molecule has 2 aliphatic heterocycles. The van der Waals surface area contributed by atoms with Crippen molar-refractivity contribution in [3.05, 3.63) is 64.2 Å². The number of carbonyl (C=O) groups excluding carboxylic acids is 1. The van der Waals surface area contributed by atoms with Gasteiger partial charge in [-0.3, -0.25) is 14.7 Å². The Morgan fingerprint density at radius 1 is 1.32 bits per heavy atom. The van der Waals surface area contributed by atoms with E-state index in [4.69, 9.17) is 4.98 Å². The summed E-state index contributed by atoms with van der Waals surface area (Å²) in [5.41, 5.74) is 3.80. The molecule has 0 spiro atoms. The van der Waals surface area contributed by atoms with Crippen LogP contribution in [0.25, 0.3) is 0 Å². The van der Waals surface area contributed by atoms with E-state index in [1.165, 1.54) is 12.1 Å². The van der Waals surface area contributed by atoms with E-state index >= 15 is 0 Å². The quantitative estimate of drug-likeness (QED) is 0.767. The minimum Gasteiger partial charge on any atom is -0.390 e. The number of nitrogens with one attached hydrogen (secondary N) is 1. The summed E-state index contributed by atoms with van der Waals surface area (Å²) >= 11 is 0. The van der Waals surface area contributed by atoms with Crippen molar-refractivity contribution in [2.75, 3.05) is 26.2 Å². The highest BCUT2D eigenvalue weighted by molar-refractivity contribution is 5.80. The molecule has 1 aromatic heterocycles. The van der Waals surface area contributed by atoms with Gasteiger partial charge in [-0.05, 0) is 62.1 Å². The first kappa shape index (κ1) is 21.9. The molecule has 1 amide bonds. The monoisotopic (exact) mass is 426 g/mol. The molecule has 0 saturated carbocycles. The van der Waals surface area contributed by atoms with Crippen LogP contribution in [-0.2, 0) is 29.9 Å². The van der Waals surface area contributed by atoms with Gasteiger partial charge in [-0.2, -0.15) is 0 Å². The van der Waals surface area contributed by atoms with Gasteiger partial charge in [-0.15, -0.1) is 0 Å². The maximum absolute atomic E-state index is 13.2. The first-order valence-corrected chi connectivity index (χ1v) is 10.9. The Morgan fingerprint density at radius 2 is 2.06 bits per heavy atom. The molecular formula is C24H31FN4O2. The van der Waals surface area contributed by atoms with Crippen molar-refractivity contribution >= 4 is 5.91 Å². The summed E-state index contributed by atoms with van der Waals surface area (Å²) in [7, 11) is 0. The fourth-order valence-corrected chi connectivity index (χ4v) is 4.73. The predicted molar refractivity (Wildman–Crippen MR) is 117 cm³/mol. The molecule has 0 radical (unpaired) electrons. The Labute approximate surface area is 183 Å². The van der Waals surface area contributed by atoms with Crippen LogP contribution in [0.3, 0.4) is 0 Å². The second-order valence-electron chi connectivity index (χ2n) is 9.19. The SMILES string of the molecule is C[C@@H]1CN(CC(=O)N2Cc3cc(Cc4ccc(F)cc4)c(CO)nc3C2(C)C)CCN1. The molecule has 6 nitrogen and oxygen atoms in total. The summed E-state index contributed by atoms with van der Waals surface area (Å²) < 4.78 is 13.2. The number of benzene rings is 1. The van der Waals surface area contributed by atoms with Crippen LogP contribution in [0, 0.1) is 5.82 Å². The standard InChI is InChI=1S/C24H31FN4O2/c1-16-12-28(9-8-26-16)14-22(31)29-13-19-11-18(10-17-4-6-20(25)7-5-17)21(15-30)27-23(19)24(29,2)3/h4-7,11,16,26,30H,8-10,12-15H2,1-3H3/t16-/m1/s1. The fourth-order valence-electron chi connectivity index (χ4n) is 4.73. The van der Waals surface area contributed by atoms with E-state index in [0.29, 0.717) is 31.2 Å². The summed E-state index contributed by atoms with van der Waals surface area (Å²) in [6, 6.07) is 8.81. The zero-order valence-corrected chi connectivity index (χ0v) is 18.5. The average Bonchev–Trinajstić information content (AvgIpc) is 2.99. The Bertz CT molecular complexity index is 961. The summed E-state index contributed by atoms with van der Waals surface area (Å²) in [5.74, 6) is -0.171. The van der Waals surface area contributed by atoms with Gasteiger partial charge in [0.1, 0.15) is 5.82 Å². The van der Waals surface area contributed by atoms with E-state index in [0.717, 1.165) is 42.0 Å². The predicted octanol–water partition coefficient (Wildman–Crippen LogP) is 2.17. The minimum absolute atomic E-state index is 0.0998. The number of carbonyl (C=O) groups is 1. The number of halogens is 1. The lowest BCUT2D eigenvalue weighted by Crippen LogP contribution is -2.53. The van der Waals surface area contributed by atoms with Crippen molar-refractivity contribution < 1.29 is 14.3 Å². The number of pyridine rings is 1. The third kappa shape index (κ3) is 4.49. The molecule has 7 heteroatoms. The maximum Gasteiger partial charge on any atom is 0.237 e. The van der Waals surface area contributed by atoms with Gasteiger partial charge >= 0.3 is 0 Å². The highest BCUT2D eigenvalue weighted by atomic mass is 19.1. The van der Waals surface area contributed by atoms with Gasteiger partial charge < -0.3 is 15.3 Å². The molecule has 4 rings (SSSR count). The molecule has 1 aromatic carbocycles. The lowest BCUT2D eigenvalue weighted by Gasteiger charge is -2.36. The summed E-state index contributed by atoms with van der Waals surface area (Å²) in [6.07, 6.45) is 0.559. The number of aromatic nitrogens is 1. The Balaban J connectivity index is 1.56. The number of hydrogen-bond acceptors (Lipinski definition) is 5. The number of rotatable bonds is 5. The van der Waals surface area contributed by atoms with E-state index in [9.17, 15) is 14.3 Å². The van der Waals surface area contributed by atoms with Gasteiger partial charge in [0, 0.05) is 32.2 Å². The second kappa shape index (κ2) is 8.65. The fraction of sp³-hybridized carbons (Fsp3) is 0.500. The number of fused-ring (bicyclic) bond motifs is 1. The van der Waals surface area contributed by atoms with E-state index < -0.39 is 5.54 Å². The van der Waals surface area contributed by atoms with Gasteiger partial charge in [0.2, 0.25) is 5.91 Å². The van der Waals surface area contributed by atoms with Gasteiger partial charge in [0.15, 0.2) is 0 Å². The molecule has 1 atom stereocenters. The van der Waals surface area contributed by atoms with Crippen molar-refractivity contribution in [2.24, 2.45) is 0 Å². The number of nitrogens with zero attached hydrogens (tertiary/aromatic N) is 3. The number of aliphatic hydroxyl groups excluding tert-OH is 1. The van der Waals surface area contributed by atoms with E-state index in [1.807, 2.05) is 18.7 Å². The van der Waals surface area contributed by atoms with Gasteiger partial charge in [0.05, 0.1) is 30.1 Å². The number of hydrogen-bond donors (Lipinski definition) is 2. The van der Waals surface area contributed by atoms with Crippen molar-refractivity contribution in [1.29, 1.82) is 0 Å². The Hall–Kier alpha value is -2.35. The molecule has 2 N–H and O–H groups in total. The Morgan fingerprint density at radius 3 is 2.74 bits per heavy atom. The molecule has 0 unspecified atom stereocenters. The van der Waals surface area contributed by atoms with Crippen molar-refractivity contribution in [3.63, 3.8) is 0 Å². The minimum atomic E-state index is -0.537. The highest BCUT2D eigenvalue weighted by Crippen LogP contribution is 2.38. The number of amides is 1. The van der Waals surface area contributed by atoms with E-state index in [-0.39, 0.29) is 18.3 Å². The van der Waals surface area contributed by atoms with Crippen molar-refractivity contribution in [3.8, 4) is 0 Å². The summed E-state index contributed by atoms with van der Waals surface area (Å²) in [6.45, 7) is 9.54. The van der Waals surface area contributed by atoms with Crippen LogP contribution in [0.15, 0.2) is 30.3 Å². The molecule has 3 heterocycles.